The Morgan fingerprint density at radius 1 is 0.949 bits per heavy atom. The molecule has 2 N–H and O–H groups in total. The van der Waals surface area contributed by atoms with Crippen LogP contribution < -0.4 is 29.2 Å². The molecule has 0 aliphatic heterocycles. The van der Waals surface area contributed by atoms with E-state index in [9.17, 15) is 4.79 Å². The number of pyridine rings is 1. The van der Waals surface area contributed by atoms with Crippen LogP contribution in [-0.4, -0.2) is 58.6 Å². The molecule has 0 fully saturated rings. The van der Waals surface area contributed by atoms with E-state index in [-0.39, 0.29) is 0 Å². The Morgan fingerprint density at radius 3 is 2.05 bits per heavy atom. The molecule has 39 heavy (non-hydrogen) atoms. The third kappa shape index (κ3) is 11.2. The van der Waals surface area contributed by atoms with Crippen LogP contribution in [0.4, 0.5) is 11.5 Å². The number of rotatable bonds is 10. The van der Waals surface area contributed by atoms with Crippen molar-refractivity contribution in [3.05, 3.63) is 70.8 Å². The summed E-state index contributed by atoms with van der Waals surface area (Å²) in [6.45, 7) is 6.70. The van der Waals surface area contributed by atoms with E-state index >= 15 is 0 Å². The number of ether oxygens (including phenoxy) is 4. The minimum atomic E-state index is 0.568. The molecular weight excluding hydrogens is 504 g/mol. The highest BCUT2D eigenvalue weighted by molar-refractivity contribution is 5.74. The summed E-state index contributed by atoms with van der Waals surface area (Å²) >= 11 is 0. The van der Waals surface area contributed by atoms with Crippen LogP contribution in [-0.2, 0) is 11.2 Å². The summed E-state index contributed by atoms with van der Waals surface area (Å²) in [5.74, 6) is 3.53. The van der Waals surface area contributed by atoms with Crippen LogP contribution >= 0.6 is 0 Å². The topological polar surface area (TPSA) is 132 Å². The van der Waals surface area contributed by atoms with Crippen LogP contribution in [0.15, 0.2) is 60.1 Å². The predicted molar refractivity (Wildman–Crippen MR) is 153 cm³/mol. The number of aromatic nitrogens is 1. The average molecular weight is 545 g/mol. The van der Waals surface area contributed by atoms with Gasteiger partial charge in [-0.25, -0.2) is 4.98 Å². The van der Waals surface area contributed by atoms with E-state index < -0.39 is 0 Å². The van der Waals surface area contributed by atoms with Crippen LogP contribution in [0.1, 0.15) is 25.0 Å². The summed E-state index contributed by atoms with van der Waals surface area (Å²) in [4.78, 5) is 24.5. The zero-order chi connectivity index (χ0) is 29.6. The second kappa shape index (κ2) is 20.5. The van der Waals surface area contributed by atoms with Crippen molar-refractivity contribution in [2.75, 3.05) is 46.9 Å². The number of carbonyl (C=O) groups is 1. The van der Waals surface area contributed by atoms with Gasteiger partial charge in [-0.2, -0.15) is 0 Å². The van der Waals surface area contributed by atoms with Crippen molar-refractivity contribution >= 4 is 17.9 Å². The molecule has 0 saturated heterocycles. The Balaban J connectivity index is 0.000000686. The fourth-order valence-electron chi connectivity index (χ4n) is 3.36. The maximum absolute atomic E-state index is 9.96. The molecule has 1 heterocycles. The number of benzene rings is 2. The molecule has 214 valence electrons. The molecule has 11 nitrogen and oxygen atoms in total. The standard InChI is InChI=1S/C16H20N2O3.C10H13NO2.C2H6.HNO2/c1-11-7-6-10-17-16(11)18(2)12-8-9-13(19-3)15(21-5)14(12)20-4;1-13-10-4-2-9(3-5-10)6-7-11-8-12;1-2;2-1-3/h6-10H,1-5H3;2-5,8H,6-7H2,1H3,(H,11,12);1-2H3;(H,2,3). The van der Waals surface area contributed by atoms with Gasteiger partial charge in [-0.1, -0.05) is 32.0 Å². The van der Waals surface area contributed by atoms with Crippen molar-refractivity contribution in [3.8, 4) is 23.0 Å². The lowest BCUT2D eigenvalue weighted by atomic mass is 10.1. The molecule has 0 atom stereocenters. The number of nitrogens with zero attached hydrogens (tertiary/aromatic N) is 3. The number of carbonyl (C=O) groups excluding carboxylic acids is 1. The lowest BCUT2D eigenvalue weighted by Gasteiger charge is -2.24. The molecule has 0 unspecified atom stereocenters. The van der Waals surface area contributed by atoms with E-state index in [1.807, 2.05) is 81.2 Å². The maximum Gasteiger partial charge on any atom is 0.207 e. The molecule has 2 aromatic carbocycles. The smallest absolute Gasteiger partial charge is 0.207 e. The third-order valence-corrected chi connectivity index (χ3v) is 5.14. The highest BCUT2D eigenvalue weighted by Gasteiger charge is 2.20. The van der Waals surface area contributed by atoms with Gasteiger partial charge in [0.15, 0.2) is 16.8 Å². The molecule has 3 aromatic rings. The molecule has 0 radical (unpaired) electrons. The number of hydrogen-bond donors (Lipinski definition) is 2. The summed E-state index contributed by atoms with van der Waals surface area (Å²) in [6.07, 6.45) is 3.33. The summed E-state index contributed by atoms with van der Waals surface area (Å²) in [6, 6.07) is 15.5. The van der Waals surface area contributed by atoms with Gasteiger partial charge >= 0.3 is 0 Å². The fourth-order valence-corrected chi connectivity index (χ4v) is 3.36. The molecule has 1 amide bonds. The van der Waals surface area contributed by atoms with E-state index in [0.29, 0.717) is 30.2 Å². The van der Waals surface area contributed by atoms with E-state index in [1.54, 1.807) is 34.6 Å². The Morgan fingerprint density at radius 2 is 1.56 bits per heavy atom. The summed E-state index contributed by atoms with van der Waals surface area (Å²) in [5, 5.41) is 10.5. The number of nitrogens with one attached hydrogen (secondary N) is 1. The number of methoxy groups -OCH3 is 4. The Hall–Kier alpha value is -4.54. The van der Waals surface area contributed by atoms with Crippen LogP contribution in [0.25, 0.3) is 0 Å². The monoisotopic (exact) mass is 544 g/mol. The van der Waals surface area contributed by atoms with Gasteiger partial charge in [-0.15, -0.1) is 4.91 Å². The molecule has 3 rings (SSSR count). The first-order chi connectivity index (χ1) is 18.9. The van der Waals surface area contributed by atoms with Gasteiger partial charge in [0.1, 0.15) is 11.6 Å². The molecule has 0 spiro atoms. The molecular formula is C28H40N4O7. The molecule has 0 saturated carbocycles. The molecule has 1 aromatic heterocycles. The Kier molecular flexibility index (Phi) is 18.1. The van der Waals surface area contributed by atoms with Gasteiger partial charge in [0.25, 0.3) is 0 Å². The van der Waals surface area contributed by atoms with Crippen molar-refractivity contribution in [2.45, 2.75) is 27.2 Å². The zero-order valence-corrected chi connectivity index (χ0v) is 23.9. The van der Waals surface area contributed by atoms with Crippen molar-refractivity contribution in [3.63, 3.8) is 0 Å². The van der Waals surface area contributed by atoms with Crippen LogP contribution in [0.2, 0.25) is 0 Å². The highest BCUT2D eigenvalue weighted by atomic mass is 16.6. The predicted octanol–water partition coefficient (Wildman–Crippen LogP) is 5.34. The molecule has 0 bridgehead atoms. The largest absolute Gasteiger partial charge is 0.497 e. The Bertz CT molecular complexity index is 1100. The van der Waals surface area contributed by atoms with Gasteiger partial charge in [0.05, 0.1) is 34.1 Å². The van der Waals surface area contributed by atoms with Crippen molar-refractivity contribution in [2.24, 2.45) is 5.34 Å². The van der Waals surface area contributed by atoms with Gasteiger partial charge in [-0.05, 0) is 54.8 Å². The maximum atomic E-state index is 9.96. The summed E-state index contributed by atoms with van der Waals surface area (Å²) in [5.41, 5.74) is 3.13. The molecule has 0 aliphatic rings. The second-order valence-corrected chi connectivity index (χ2v) is 7.31. The Labute approximate surface area is 230 Å². The van der Waals surface area contributed by atoms with Crippen LogP contribution in [0, 0.1) is 11.8 Å². The molecule has 0 aliphatic carbocycles. The SMILES string of the molecule is CC.COc1ccc(CCNC=O)cc1.COc1ccc(N(C)c2ncccc2C)c(OC)c1OC.O=NO. The summed E-state index contributed by atoms with van der Waals surface area (Å²) < 4.78 is 21.3. The van der Waals surface area contributed by atoms with Gasteiger partial charge in [-0.3, -0.25) is 4.79 Å². The van der Waals surface area contributed by atoms with E-state index in [1.165, 1.54) is 10.9 Å². The minimum absolute atomic E-state index is 0.568. The number of hydrogen-bond acceptors (Lipinski definition) is 9. The van der Waals surface area contributed by atoms with Crippen LogP contribution in [0.5, 0.6) is 23.0 Å². The van der Waals surface area contributed by atoms with Crippen molar-refractivity contribution in [1.82, 2.24) is 10.3 Å². The van der Waals surface area contributed by atoms with Gasteiger partial charge in [0, 0.05) is 19.8 Å². The third-order valence-electron chi connectivity index (χ3n) is 5.14. The van der Waals surface area contributed by atoms with E-state index in [2.05, 4.69) is 10.3 Å². The minimum Gasteiger partial charge on any atom is -0.497 e. The average Bonchev–Trinajstić information content (AvgIpc) is 2.98. The number of amides is 1. The zero-order valence-electron chi connectivity index (χ0n) is 23.9. The van der Waals surface area contributed by atoms with E-state index in [0.717, 1.165) is 29.2 Å². The summed E-state index contributed by atoms with van der Waals surface area (Å²) in [7, 11) is 8.39. The second-order valence-electron chi connectivity index (χ2n) is 7.31. The lowest BCUT2D eigenvalue weighted by molar-refractivity contribution is -0.109. The van der Waals surface area contributed by atoms with Crippen molar-refractivity contribution in [1.29, 1.82) is 0 Å². The van der Waals surface area contributed by atoms with E-state index in [4.69, 9.17) is 29.1 Å². The van der Waals surface area contributed by atoms with Gasteiger partial charge in [0.2, 0.25) is 12.2 Å². The first-order valence-corrected chi connectivity index (χ1v) is 12.1. The lowest BCUT2D eigenvalue weighted by Crippen LogP contribution is -2.14. The van der Waals surface area contributed by atoms with Gasteiger partial charge < -0.3 is 34.4 Å². The molecule has 11 heteroatoms. The number of anilines is 2. The highest BCUT2D eigenvalue weighted by Crippen LogP contribution is 2.45. The fraction of sp³-hybridized carbons (Fsp3) is 0.357. The quantitative estimate of drug-likeness (QED) is 0.150. The first kappa shape index (κ1) is 34.5. The first-order valence-electron chi connectivity index (χ1n) is 12.1. The normalized spacial score (nSPS) is 9.03. The van der Waals surface area contributed by atoms with Crippen molar-refractivity contribution < 1.29 is 28.9 Å². The van der Waals surface area contributed by atoms with Crippen LogP contribution in [0.3, 0.4) is 0 Å². The number of aryl methyl sites for hydroxylation is 1.